The summed E-state index contributed by atoms with van der Waals surface area (Å²) in [7, 11) is 0. The van der Waals surface area contributed by atoms with Gasteiger partial charge in [-0.3, -0.25) is 0 Å². The van der Waals surface area contributed by atoms with Crippen molar-refractivity contribution in [3.8, 4) is 0 Å². The number of aliphatic hydroxyl groups is 1. The molecule has 0 aliphatic rings. The summed E-state index contributed by atoms with van der Waals surface area (Å²) in [4.78, 5) is 19.7. The number of carboxylic acid groups (broad SMARTS) is 2. The quantitative estimate of drug-likeness (QED) is 0.613. The van der Waals surface area contributed by atoms with Crippen molar-refractivity contribution in [3.63, 3.8) is 0 Å². The first kappa shape index (κ1) is 15.8. The van der Waals surface area contributed by atoms with Gasteiger partial charge in [0.1, 0.15) is 0 Å². The van der Waals surface area contributed by atoms with Gasteiger partial charge in [-0.15, -0.1) is 0 Å². The van der Waals surface area contributed by atoms with Crippen LogP contribution in [0.4, 0.5) is 0 Å². The van der Waals surface area contributed by atoms with Gasteiger partial charge in [-0.1, -0.05) is 6.58 Å². The van der Waals surface area contributed by atoms with Crippen LogP contribution in [0.3, 0.4) is 0 Å². The average molecular weight is 216 g/mol. The van der Waals surface area contributed by atoms with E-state index in [1.807, 2.05) is 0 Å². The van der Waals surface area contributed by atoms with E-state index in [9.17, 15) is 9.59 Å². The topological polar surface area (TPSA) is 94.8 Å². The van der Waals surface area contributed by atoms with Crippen molar-refractivity contribution >= 4 is 11.9 Å². The number of hydrogen-bond acceptors (Lipinski definition) is 3. The zero-order chi connectivity index (χ0) is 12.6. The predicted octanol–water partition coefficient (Wildman–Crippen LogP) is 1.05. The highest BCUT2D eigenvalue weighted by Crippen LogP contribution is 1.94. The fourth-order valence-corrected chi connectivity index (χ4v) is 0.433. The third-order valence-corrected chi connectivity index (χ3v) is 1.19. The van der Waals surface area contributed by atoms with Crippen LogP contribution >= 0.6 is 0 Å². The molecule has 1 unspecified atom stereocenters. The highest BCUT2D eigenvalue weighted by atomic mass is 16.4. The fourth-order valence-electron chi connectivity index (χ4n) is 0.433. The van der Waals surface area contributed by atoms with Crippen LogP contribution in [0.25, 0.3) is 0 Å². The van der Waals surface area contributed by atoms with E-state index in [1.54, 1.807) is 0 Å². The first-order valence-electron chi connectivity index (χ1n) is 4.17. The van der Waals surface area contributed by atoms with E-state index >= 15 is 0 Å². The Labute approximate surface area is 88.4 Å². The Hall–Kier alpha value is -1.62. The first-order valence-corrected chi connectivity index (χ1v) is 4.17. The van der Waals surface area contributed by atoms with E-state index in [-0.39, 0.29) is 11.1 Å². The van der Waals surface area contributed by atoms with E-state index in [2.05, 4.69) is 6.58 Å². The standard InChI is InChI=1S/C6H10O3.C4H6O2/c1-4(6(8)9)3-5(2)7;1-3(2)4(5)6/h3,5,7H,1-2H3,(H,8,9);1H2,2H3,(H,5,6). The molecule has 5 nitrogen and oxygen atoms in total. The Kier molecular flexibility index (Phi) is 8.18. The summed E-state index contributed by atoms with van der Waals surface area (Å²) in [6, 6.07) is 0. The maximum atomic E-state index is 10.1. The maximum Gasteiger partial charge on any atom is 0.331 e. The minimum absolute atomic E-state index is 0.171. The van der Waals surface area contributed by atoms with Crippen molar-refractivity contribution in [1.82, 2.24) is 0 Å². The molecule has 0 radical (unpaired) electrons. The molecule has 0 rings (SSSR count). The van der Waals surface area contributed by atoms with Crippen molar-refractivity contribution in [3.05, 3.63) is 23.8 Å². The average Bonchev–Trinajstić information content (AvgIpc) is 2.03. The molecule has 3 N–H and O–H groups in total. The number of aliphatic carboxylic acids is 2. The minimum Gasteiger partial charge on any atom is -0.478 e. The molecule has 0 aliphatic carbocycles. The van der Waals surface area contributed by atoms with Crippen molar-refractivity contribution in [2.75, 3.05) is 0 Å². The number of aliphatic hydroxyl groups excluding tert-OH is 1. The normalized spacial score (nSPS) is 12.1. The second-order valence-electron chi connectivity index (χ2n) is 2.98. The summed E-state index contributed by atoms with van der Waals surface area (Å²) >= 11 is 0. The second-order valence-corrected chi connectivity index (χ2v) is 2.98. The number of carboxylic acids is 2. The van der Waals surface area contributed by atoms with Crippen molar-refractivity contribution in [2.45, 2.75) is 26.9 Å². The monoisotopic (exact) mass is 216 g/mol. The third kappa shape index (κ3) is 12.4. The molecule has 0 amide bonds. The van der Waals surface area contributed by atoms with Gasteiger partial charge in [0.25, 0.3) is 0 Å². The Bertz CT molecular complexity index is 264. The van der Waals surface area contributed by atoms with Gasteiger partial charge in [0, 0.05) is 11.1 Å². The van der Waals surface area contributed by atoms with Crippen LogP contribution in [0.5, 0.6) is 0 Å². The predicted molar refractivity (Wildman–Crippen MR) is 55.5 cm³/mol. The van der Waals surface area contributed by atoms with Crippen LogP contribution in [0.1, 0.15) is 20.8 Å². The molecule has 0 heterocycles. The lowest BCUT2D eigenvalue weighted by Gasteiger charge is -1.95. The molecule has 1 atom stereocenters. The molecule has 0 aromatic heterocycles. The lowest BCUT2D eigenvalue weighted by molar-refractivity contribution is -0.133. The van der Waals surface area contributed by atoms with E-state index in [4.69, 9.17) is 15.3 Å². The molecular formula is C10H16O5. The summed E-state index contributed by atoms with van der Waals surface area (Å²) in [5, 5.41) is 24.8. The maximum absolute atomic E-state index is 10.1. The highest BCUT2D eigenvalue weighted by Gasteiger charge is 1.99. The van der Waals surface area contributed by atoms with Gasteiger partial charge < -0.3 is 15.3 Å². The zero-order valence-corrected chi connectivity index (χ0v) is 9.02. The Morgan fingerprint density at radius 1 is 1.20 bits per heavy atom. The summed E-state index contributed by atoms with van der Waals surface area (Å²) in [5.41, 5.74) is 0.347. The van der Waals surface area contributed by atoms with Gasteiger partial charge in [0.15, 0.2) is 0 Å². The molecule has 0 aromatic carbocycles. The van der Waals surface area contributed by atoms with Crippen molar-refractivity contribution in [2.24, 2.45) is 0 Å². The Morgan fingerprint density at radius 3 is 1.60 bits per heavy atom. The molecule has 0 aromatic rings. The number of hydrogen-bond donors (Lipinski definition) is 3. The van der Waals surface area contributed by atoms with Gasteiger partial charge in [0.2, 0.25) is 0 Å². The molecular weight excluding hydrogens is 200 g/mol. The lowest BCUT2D eigenvalue weighted by Crippen LogP contribution is -2.01. The van der Waals surface area contributed by atoms with Gasteiger partial charge in [-0.05, 0) is 26.8 Å². The first-order chi connectivity index (χ1) is 6.68. The molecule has 0 aliphatic heterocycles. The van der Waals surface area contributed by atoms with Crippen LogP contribution < -0.4 is 0 Å². The lowest BCUT2D eigenvalue weighted by atomic mass is 10.2. The van der Waals surface area contributed by atoms with E-state index in [1.165, 1.54) is 26.8 Å². The zero-order valence-electron chi connectivity index (χ0n) is 9.02. The molecule has 5 heteroatoms. The molecule has 0 saturated carbocycles. The molecule has 0 fully saturated rings. The molecule has 0 saturated heterocycles. The fraction of sp³-hybridized carbons (Fsp3) is 0.400. The minimum atomic E-state index is -0.990. The number of rotatable bonds is 3. The third-order valence-electron chi connectivity index (χ3n) is 1.19. The van der Waals surface area contributed by atoms with Crippen LogP contribution in [0.15, 0.2) is 23.8 Å². The summed E-state index contributed by atoms with van der Waals surface area (Å²) in [6.07, 6.45) is 0.601. The van der Waals surface area contributed by atoms with E-state index < -0.39 is 18.0 Å². The molecule has 86 valence electrons. The Balaban J connectivity index is 0. The highest BCUT2D eigenvalue weighted by molar-refractivity contribution is 5.85. The van der Waals surface area contributed by atoms with Gasteiger partial charge >= 0.3 is 11.9 Å². The molecule has 0 spiro atoms. The number of carbonyl (C=O) groups is 2. The van der Waals surface area contributed by atoms with E-state index in [0.717, 1.165) is 0 Å². The second kappa shape index (κ2) is 7.75. The molecule has 15 heavy (non-hydrogen) atoms. The molecule has 0 bridgehead atoms. The largest absolute Gasteiger partial charge is 0.478 e. The SMILES string of the molecule is C=C(C)C(=O)O.CC(=CC(C)O)C(=O)O. The van der Waals surface area contributed by atoms with Gasteiger partial charge in [-0.2, -0.15) is 0 Å². The van der Waals surface area contributed by atoms with E-state index in [0.29, 0.717) is 0 Å². The van der Waals surface area contributed by atoms with Crippen LogP contribution in [0, 0.1) is 0 Å². The van der Waals surface area contributed by atoms with Crippen LogP contribution in [-0.2, 0) is 9.59 Å². The van der Waals surface area contributed by atoms with Crippen molar-refractivity contribution in [1.29, 1.82) is 0 Å². The van der Waals surface area contributed by atoms with Crippen LogP contribution in [0.2, 0.25) is 0 Å². The summed E-state index contributed by atoms with van der Waals surface area (Å²) in [6.45, 7) is 7.55. The van der Waals surface area contributed by atoms with Gasteiger partial charge in [0.05, 0.1) is 6.10 Å². The smallest absolute Gasteiger partial charge is 0.331 e. The van der Waals surface area contributed by atoms with Crippen LogP contribution in [-0.4, -0.2) is 33.4 Å². The van der Waals surface area contributed by atoms with Crippen molar-refractivity contribution < 1.29 is 24.9 Å². The Morgan fingerprint density at radius 2 is 1.53 bits per heavy atom. The summed E-state index contributed by atoms with van der Waals surface area (Å²) in [5.74, 6) is -1.93. The van der Waals surface area contributed by atoms with Gasteiger partial charge in [-0.25, -0.2) is 9.59 Å². The summed E-state index contributed by atoms with van der Waals surface area (Å²) < 4.78 is 0.